The van der Waals surface area contributed by atoms with Crippen LogP contribution in [0.5, 0.6) is 0 Å². The molecule has 0 radical (unpaired) electrons. The lowest BCUT2D eigenvalue weighted by atomic mass is 9.76. The van der Waals surface area contributed by atoms with Crippen LogP contribution < -0.4 is 10.2 Å². The zero-order valence-corrected chi connectivity index (χ0v) is 23.8. The highest BCUT2D eigenvalue weighted by Gasteiger charge is 2.47. The fraction of sp³-hybridized carbons (Fsp3) is 0.433. The average Bonchev–Trinajstić information content (AvgIpc) is 3.60. The van der Waals surface area contributed by atoms with Crippen LogP contribution in [0.4, 0.5) is 10.1 Å². The summed E-state index contributed by atoms with van der Waals surface area (Å²) >= 11 is 1.56. The van der Waals surface area contributed by atoms with E-state index >= 15 is 0 Å². The van der Waals surface area contributed by atoms with Crippen LogP contribution in [0.15, 0.2) is 48.5 Å². The van der Waals surface area contributed by atoms with E-state index in [1.807, 2.05) is 0 Å². The van der Waals surface area contributed by atoms with E-state index in [1.165, 1.54) is 12.1 Å². The second kappa shape index (κ2) is 10.8. The van der Waals surface area contributed by atoms with Gasteiger partial charge in [-0.15, -0.1) is 11.3 Å². The van der Waals surface area contributed by atoms with E-state index in [4.69, 9.17) is 4.98 Å². The SMILES string of the molecule is N#CC1(NC(=O)[C@@H]2CCCC[C@H]2c2nc(-c3ccc(F)cc3)sc2-c2ccc(N3CCS(O)(O)CC3)cc2)CC1. The summed E-state index contributed by atoms with van der Waals surface area (Å²) in [6.07, 6.45) is 4.97. The van der Waals surface area contributed by atoms with E-state index in [2.05, 4.69) is 40.6 Å². The second-order valence-electron chi connectivity index (χ2n) is 11.2. The van der Waals surface area contributed by atoms with E-state index in [0.717, 1.165) is 58.1 Å². The Hall–Kier alpha value is -2.97. The molecule has 3 aromatic rings. The number of aromatic nitrogens is 1. The molecule has 1 saturated heterocycles. The van der Waals surface area contributed by atoms with Gasteiger partial charge in [0.05, 0.1) is 28.1 Å². The minimum absolute atomic E-state index is 0.0579. The van der Waals surface area contributed by atoms with Crippen molar-refractivity contribution in [2.75, 3.05) is 29.5 Å². The van der Waals surface area contributed by atoms with Crippen LogP contribution in [-0.4, -0.2) is 50.1 Å². The third kappa shape index (κ3) is 5.61. The number of halogens is 1. The number of nitrogens with one attached hydrogen (secondary N) is 1. The fourth-order valence-corrected chi connectivity index (χ4v) is 8.18. The molecular formula is C30H33FN4O3S2. The number of rotatable bonds is 6. The highest BCUT2D eigenvalue weighted by atomic mass is 32.3. The molecule has 1 amide bonds. The van der Waals surface area contributed by atoms with Gasteiger partial charge in [-0.2, -0.15) is 15.9 Å². The summed E-state index contributed by atoms with van der Waals surface area (Å²) in [4.78, 5) is 21.7. The van der Waals surface area contributed by atoms with Crippen LogP contribution in [0, 0.1) is 23.1 Å². The third-order valence-electron chi connectivity index (χ3n) is 8.40. The summed E-state index contributed by atoms with van der Waals surface area (Å²) in [7, 11) is -2.46. The summed E-state index contributed by atoms with van der Waals surface area (Å²) in [6, 6.07) is 16.9. The first kappa shape index (κ1) is 27.2. The lowest BCUT2D eigenvalue weighted by Crippen LogP contribution is -2.42. The molecule has 2 saturated carbocycles. The zero-order chi connectivity index (χ0) is 27.9. The summed E-state index contributed by atoms with van der Waals surface area (Å²) in [6.45, 7) is 1.20. The molecule has 1 aromatic heterocycles. The molecule has 10 heteroatoms. The summed E-state index contributed by atoms with van der Waals surface area (Å²) in [5, 5.41) is 13.4. The molecule has 1 aliphatic heterocycles. The van der Waals surface area contributed by atoms with Gasteiger partial charge >= 0.3 is 0 Å². The molecule has 2 atom stereocenters. The highest BCUT2D eigenvalue weighted by Crippen LogP contribution is 2.47. The van der Waals surface area contributed by atoms with Crippen LogP contribution in [-0.2, 0) is 4.79 Å². The Bertz CT molecular complexity index is 1420. The Morgan fingerprint density at radius 1 is 1.05 bits per heavy atom. The van der Waals surface area contributed by atoms with Crippen LogP contribution in [0.2, 0.25) is 0 Å². The molecule has 3 fully saturated rings. The monoisotopic (exact) mass is 580 g/mol. The van der Waals surface area contributed by atoms with Crippen molar-refractivity contribution in [3.8, 4) is 27.1 Å². The van der Waals surface area contributed by atoms with Gasteiger partial charge in [-0.3, -0.25) is 13.9 Å². The molecule has 40 heavy (non-hydrogen) atoms. The van der Waals surface area contributed by atoms with Crippen molar-refractivity contribution in [1.29, 1.82) is 5.26 Å². The second-order valence-corrected chi connectivity index (χ2v) is 14.6. The van der Waals surface area contributed by atoms with E-state index < -0.39 is 16.1 Å². The number of thiazole rings is 1. The van der Waals surface area contributed by atoms with Crippen molar-refractivity contribution >= 4 is 33.5 Å². The van der Waals surface area contributed by atoms with E-state index in [9.17, 15) is 23.6 Å². The van der Waals surface area contributed by atoms with Crippen molar-refractivity contribution in [3.63, 3.8) is 0 Å². The van der Waals surface area contributed by atoms with E-state index in [1.54, 1.807) is 23.5 Å². The summed E-state index contributed by atoms with van der Waals surface area (Å²) < 4.78 is 33.6. The number of nitrogens with zero attached hydrogens (tertiary/aromatic N) is 3. The van der Waals surface area contributed by atoms with Gasteiger partial charge in [0.1, 0.15) is 16.4 Å². The maximum Gasteiger partial charge on any atom is 0.225 e. The molecular weight excluding hydrogens is 547 g/mol. The Kier molecular flexibility index (Phi) is 7.34. The molecule has 0 spiro atoms. The van der Waals surface area contributed by atoms with Gasteiger partial charge in [0, 0.05) is 36.2 Å². The number of anilines is 1. The Labute approximate surface area is 239 Å². The molecule has 3 N–H and O–H groups in total. The third-order valence-corrected chi connectivity index (χ3v) is 11.2. The van der Waals surface area contributed by atoms with Crippen LogP contribution in [0.3, 0.4) is 0 Å². The van der Waals surface area contributed by atoms with Crippen molar-refractivity contribution < 1.29 is 18.3 Å². The van der Waals surface area contributed by atoms with Crippen molar-refractivity contribution in [2.45, 2.75) is 50.0 Å². The van der Waals surface area contributed by atoms with Crippen LogP contribution in [0.1, 0.15) is 50.1 Å². The summed E-state index contributed by atoms with van der Waals surface area (Å²) in [5.41, 5.74) is 3.06. The van der Waals surface area contributed by atoms with Crippen molar-refractivity contribution in [2.24, 2.45) is 5.92 Å². The number of benzene rings is 2. The van der Waals surface area contributed by atoms with Gasteiger partial charge in [0.2, 0.25) is 5.91 Å². The van der Waals surface area contributed by atoms with Gasteiger partial charge in [-0.05, 0) is 67.6 Å². The topological polar surface area (TPSA) is 109 Å². The fourth-order valence-electron chi connectivity index (χ4n) is 5.80. The van der Waals surface area contributed by atoms with Crippen molar-refractivity contribution in [1.82, 2.24) is 10.3 Å². The Morgan fingerprint density at radius 3 is 2.35 bits per heavy atom. The molecule has 2 aromatic carbocycles. The first-order chi connectivity index (χ1) is 19.3. The number of hydrogen-bond acceptors (Lipinski definition) is 7. The predicted molar refractivity (Wildman–Crippen MR) is 158 cm³/mol. The lowest BCUT2D eigenvalue weighted by Gasteiger charge is -2.41. The molecule has 3 aliphatic rings. The van der Waals surface area contributed by atoms with Gasteiger partial charge < -0.3 is 10.2 Å². The Balaban J connectivity index is 1.34. The number of nitriles is 1. The maximum atomic E-state index is 13.7. The minimum Gasteiger partial charge on any atom is -0.368 e. The molecule has 2 heterocycles. The zero-order valence-electron chi connectivity index (χ0n) is 22.2. The van der Waals surface area contributed by atoms with Gasteiger partial charge in [0.15, 0.2) is 0 Å². The Morgan fingerprint density at radius 2 is 1.70 bits per heavy atom. The maximum absolute atomic E-state index is 13.7. The average molecular weight is 581 g/mol. The number of carbonyl (C=O) groups is 1. The predicted octanol–water partition coefficient (Wildman–Crippen LogP) is 6.63. The van der Waals surface area contributed by atoms with Gasteiger partial charge in [-0.1, -0.05) is 25.0 Å². The van der Waals surface area contributed by atoms with E-state index in [-0.39, 0.29) is 23.6 Å². The molecule has 0 bridgehead atoms. The van der Waals surface area contributed by atoms with Gasteiger partial charge in [-0.25, -0.2) is 9.37 Å². The highest BCUT2D eigenvalue weighted by molar-refractivity contribution is 8.24. The van der Waals surface area contributed by atoms with Crippen LogP contribution in [0.25, 0.3) is 21.0 Å². The smallest absolute Gasteiger partial charge is 0.225 e. The number of hydrogen-bond donors (Lipinski definition) is 3. The molecule has 7 nitrogen and oxygen atoms in total. The van der Waals surface area contributed by atoms with Crippen molar-refractivity contribution in [3.05, 3.63) is 60.0 Å². The number of amides is 1. The lowest BCUT2D eigenvalue weighted by molar-refractivity contribution is -0.127. The normalized spacial score (nSPS) is 24.1. The van der Waals surface area contributed by atoms with Gasteiger partial charge in [0.25, 0.3) is 0 Å². The first-order valence-corrected chi connectivity index (χ1v) is 16.5. The number of carbonyl (C=O) groups excluding carboxylic acids is 1. The standard InChI is InChI=1S/C30H33FN4O3S2/c31-22-9-5-21(6-10-22)29-33-26(24-3-1-2-4-25(24)28(36)34-30(19-32)13-14-30)27(39-29)20-7-11-23(12-8-20)35-15-17-40(37,38)18-16-35/h5-12,24-25,37-38H,1-4,13-18H2,(H,34,36)/t24-,25-/m1/s1. The molecule has 210 valence electrons. The van der Waals surface area contributed by atoms with Crippen LogP contribution >= 0.6 is 21.9 Å². The quantitative estimate of drug-likeness (QED) is 0.302. The molecule has 0 unspecified atom stereocenters. The summed E-state index contributed by atoms with van der Waals surface area (Å²) in [5.74, 6) is 0.0766. The minimum atomic E-state index is -2.46. The largest absolute Gasteiger partial charge is 0.368 e. The first-order valence-electron chi connectivity index (χ1n) is 13.8. The molecule has 6 rings (SSSR count). The van der Waals surface area contributed by atoms with E-state index in [0.29, 0.717) is 37.4 Å². The molecule has 2 aliphatic carbocycles.